The van der Waals surface area contributed by atoms with Gasteiger partial charge in [-0.25, -0.2) is 13.2 Å². The number of phenolic OH excluding ortho intramolecular Hbond substituents is 1. The second-order valence-corrected chi connectivity index (χ2v) is 13.9. The number of aliphatic hydroxyl groups excluding tert-OH is 1. The summed E-state index contributed by atoms with van der Waals surface area (Å²) >= 11 is 0. The Bertz CT molecular complexity index is 1930. The number of halogens is 3. The van der Waals surface area contributed by atoms with Gasteiger partial charge in [0.05, 0.1) is 11.2 Å². The van der Waals surface area contributed by atoms with Crippen LogP contribution in [0.5, 0.6) is 11.8 Å². The number of alkyl halides is 1. The van der Waals surface area contributed by atoms with Crippen molar-refractivity contribution in [2.75, 3.05) is 26.3 Å². The maximum absolute atomic E-state index is 16.9. The van der Waals surface area contributed by atoms with Crippen LogP contribution in [0.1, 0.15) is 69.0 Å². The zero-order valence-corrected chi connectivity index (χ0v) is 26.8. The van der Waals surface area contributed by atoms with Gasteiger partial charge in [-0.15, -0.1) is 0 Å². The number of hydrogen-bond acceptors (Lipinski definition) is 8. The van der Waals surface area contributed by atoms with Crippen molar-refractivity contribution in [2.45, 2.75) is 88.0 Å². The number of amides is 1. The minimum absolute atomic E-state index is 0.0114. The molecule has 2 unspecified atom stereocenters. The van der Waals surface area contributed by atoms with Crippen LogP contribution in [0.25, 0.3) is 32.9 Å². The summed E-state index contributed by atoms with van der Waals surface area (Å²) in [7, 11) is 0. The van der Waals surface area contributed by atoms with Gasteiger partial charge in [0.1, 0.15) is 42.2 Å². The molecule has 4 aromatic rings. The lowest BCUT2D eigenvalue weighted by atomic mass is 9.86. The van der Waals surface area contributed by atoms with Crippen LogP contribution in [-0.2, 0) is 11.2 Å². The number of benzene rings is 2. The molecule has 8 rings (SSSR count). The molecule has 0 spiro atoms. The molecular weight excluding hydrogens is 623 g/mol. The molecule has 252 valence electrons. The molecule has 0 aliphatic carbocycles. The number of carbonyl (C=O) groups is 1. The van der Waals surface area contributed by atoms with E-state index in [1.54, 1.807) is 11.0 Å². The molecule has 12 heteroatoms. The first kappa shape index (κ1) is 31.3. The third kappa shape index (κ3) is 4.98. The van der Waals surface area contributed by atoms with Gasteiger partial charge < -0.3 is 19.8 Å². The fourth-order valence-electron chi connectivity index (χ4n) is 9.19. The molecule has 2 bridgehead atoms. The summed E-state index contributed by atoms with van der Waals surface area (Å²) in [6.07, 6.45) is 5.79. The van der Waals surface area contributed by atoms with E-state index < -0.39 is 30.0 Å². The highest BCUT2D eigenvalue weighted by molar-refractivity contribution is 6.01. The number of fused-ring (bicyclic) bond motifs is 5. The van der Waals surface area contributed by atoms with Gasteiger partial charge in [-0.3, -0.25) is 14.7 Å². The number of aliphatic hydroxyl groups is 1. The second kappa shape index (κ2) is 11.8. The van der Waals surface area contributed by atoms with Gasteiger partial charge in [0, 0.05) is 48.1 Å². The molecule has 4 atom stereocenters. The Labute approximate surface area is 275 Å². The molecule has 0 saturated carbocycles. The smallest absolute Gasteiger partial charge is 0.317 e. The number of aryl methyl sites for hydroxylation is 1. The van der Waals surface area contributed by atoms with Crippen molar-refractivity contribution in [3.8, 4) is 23.0 Å². The highest BCUT2D eigenvalue weighted by Crippen LogP contribution is 2.46. The van der Waals surface area contributed by atoms with E-state index in [2.05, 4.69) is 14.9 Å². The predicted molar refractivity (Wildman–Crippen MR) is 172 cm³/mol. The fraction of sp³-hybridized carbons (Fsp3) is 0.500. The van der Waals surface area contributed by atoms with Crippen LogP contribution in [-0.4, -0.2) is 91.0 Å². The summed E-state index contributed by atoms with van der Waals surface area (Å²) < 4.78 is 52.7. The molecule has 6 heterocycles. The van der Waals surface area contributed by atoms with Crippen molar-refractivity contribution in [1.82, 2.24) is 24.8 Å². The monoisotopic (exact) mass is 661 g/mol. The Morgan fingerprint density at radius 1 is 1.15 bits per heavy atom. The van der Waals surface area contributed by atoms with Gasteiger partial charge in [0.25, 0.3) is 0 Å². The number of rotatable bonds is 7. The summed E-state index contributed by atoms with van der Waals surface area (Å²) in [5.74, 6) is -1.74. The molecule has 2 aromatic heterocycles. The van der Waals surface area contributed by atoms with E-state index in [4.69, 9.17) is 9.72 Å². The van der Waals surface area contributed by atoms with Gasteiger partial charge in [-0.1, -0.05) is 13.0 Å². The van der Waals surface area contributed by atoms with Crippen molar-refractivity contribution in [1.29, 1.82) is 0 Å². The fourth-order valence-corrected chi connectivity index (χ4v) is 9.19. The summed E-state index contributed by atoms with van der Waals surface area (Å²) in [6.45, 7) is 2.60. The summed E-state index contributed by atoms with van der Waals surface area (Å²) in [6, 6.07) is 5.63. The zero-order valence-electron chi connectivity index (χ0n) is 26.8. The van der Waals surface area contributed by atoms with Crippen LogP contribution in [0, 0.1) is 11.6 Å². The molecule has 0 radical (unpaired) electrons. The number of pyridine rings is 1. The summed E-state index contributed by atoms with van der Waals surface area (Å²) in [4.78, 5) is 30.5. The number of ether oxygens (including phenoxy) is 1. The van der Waals surface area contributed by atoms with Crippen molar-refractivity contribution >= 4 is 27.6 Å². The third-order valence-corrected chi connectivity index (χ3v) is 11.2. The lowest BCUT2D eigenvalue weighted by Crippen LogP contribution is -2.47. The summed E-state index contributed by atoms with van der Waals surface area (Å²) in [5.41, 5.74) is 0.645. The van der Waals surface area contributed by atoms with Gasteiger partial charge in [-0.2, -0.15) is 9.97 Å². The van der Waals surface area contributed by atoms with E-state index in [1.165, 1.54) is 24.4 Å². The Balaban J connectivity index is 1.26. The summed E-state index contributed by atoms with van der Waals surface area (Å²) in [5, 5.41) is 21.6. The average Bonchev–Trinajstić information content (AvgIpc) is 3.69. The number of aromatic nitrogens is 3. The van der Waals surface area contributed by atoms with E-state index in [9.17, 15) is 19.4 Å². The number of nitrogens with zero attached hydrogens (tertiary/aromatic N) is 5. The van der Waals surface area contributed by atoms with Gasteiger partial charge in [0.2, 0.25) is 5.91 Å². The van der Waals surface area contributed by atoms with E-state index in [0.29, 0.717) is 59.6 Å². The average molecular weight is 662 g/mol. The largest absolute Gasteiger partial charge is 0.508 e. The molecule has 2 aromatic carbocycles. The molecule has 4 aliphatic heterocycles. The lowest BCUT2D eigenvalue weighted by Gasteiger charge is -2.38. The standard InChI is InChI=1S/C36H38F3N5O4/c1-2-25-28(38)7-4-19-12-24(46)13-26(30(19)25)33-31(39)34-27(15-40-33)32(20-10-22-5-6-23(11-20)44(22)29(47)17-45)41-35(42-34)48-18-36-8-3-9-43(36)16-21(37)14-36/h4,7,12-13,15,20-23,45-46H,2-3,5-6,8-11,14,16-18H2,1H3/t20?,21-,22?,23?,36+/m1/s1. The maximum Gasteiger partial charge on any atom is 0.317 e. The SMILES string of the molecule is CCc1c(F)ccc2cc(O)cc(-c3ncc4c(C5CC6CCC(C5)N6C(=O)CO)nc(OC[C@@]56CCCN5C[C@H](F)C6)nc4c3F)c12. The van der Waals surface area contributed by atoms with Crippen molar-refractivity contribution in [2.24, 2.45) is 0 Å². The van der Waals surface area contributed by atoms with Crippen molar-refractivity contribution in [3.63, 3.8) is 0 Å². The van der Waals surface area contributed by atoms with Crippen LogP contribution >= 0.6 is 0 Å². The highest BCUT2D eigenvalue weighted by atomic mass is 19.1. The normalized spacial score (nSPS) is 26.9. The first-order valence-corrected chi connectivity index (χ1v) is 16.9. The minimum atomic E-state index is -0.940. The molecule has 4 saturated heterocycles. The Kier molecular flexibility index (Phi) is 7.71. The minimum Gasteiger partial charge on any atom is -0.508 e. The second-order valence-electron chi connectivity index (χ2n) is 13.9. The Morgan fingerprint density at radius 3 is 2.69 bits per heavy atom. The van der Waals surface area contributed by atoms with Crippen LogP contribution in [0.2, 0.25) is 0 Å². The lowest BCUT2D eigenvalue weighted by molar-refractivity contribution is -0.138. The van der Waals surface area contributed by atoms with E-state index >= 15 is 8.78 Å². The quantitative estimate of drug-likeness (QED) is 0.264. The number of piperidine rings is 1. The number of carbonyl (C=O) groups excluding carboxylic acids is 1. The van der Waals surface area contributed by atoms with Crippen molar-refractivity contribution in [3.05, 3.63) is 53.4 Å². The molecular formula is C36H38F3N5O4. The van der Waals surface area contributed by atoms with E-state index in [-0.39, 0.29) is 59.0 Å². The highest BCUT2D eigenvalue weighted by Gasteiger charge is 2.50. The maximum atomic E-state index is 16.9. The molecule has 4 fully saturated rings. The van der Waals surface area contributed by atoms with Gasteiger partial charge in [0.15, 0.2) is 5.82 Å². The first-order chi connectivity index (χ1) is 23.2. The Morgan fingerprint density at radius 2 is 1.94 bits per heavy atom. The molecule has 9 nitrogen and oxygen atoms in total. The molecule has 1 amide bonds. The van der Waals surface area contributed by atoms with Crippen LogP contribution in [0.15, 0.2) is 30.5 Å². The van der Waals surface area contributed by atoms with Crippen LogP contribution < -0.4 is 4.74 Å². The van der Waals surface area contributed by atoms with Crippen LogP contribution in [0.3, 0.4) is 0 Å². The van der Waals surface area contributed by atoms with E-state index in [1.807, 2.05) is 6.92 Å². The molecule has 4 aliphatic rings. The number of aromatic hydroxyl groups is 1. The van der Waals surface area contributed by atoms with E-state index in [0.717, 1.165) is 32.2 Å². The number of hydrogen-bond donors (Lipinski definition) is 2. The third-order valence-electron chi connectivity index (χ3n) is 11.2. The number of phenols is 1. The topological polar surface area (TPSA) is 112 Å². The molecule has 48 heavy (non-hydrogen) atoms. The van der Waals surface area contributed by atoms with Crippen LogP contribution in [0.4, 0.5) is 13.2 Å². The zero-order chi connectivity index (χ0) is 33.3. The molecule has 2 N–H and O–H groups in total. The van der Waals surface area contributed by atoms with Crippen molar-refractivity contribution < 1.29 is 32.9 Å². The predicted octanol–water partition coefficient (Wildman–Crippen LogP) is 5.58. The first-order valence-electron chi connectivity index (χ1n) is 16.9. The Hall–Kier alpha value is -4.03. The van der Waals surface area contributed by atoms with Gasteiger partial charge in [-0.05, 0) is 86.0 Å². The van der Waals surface area contributed by atoms with Gasteiger partial charge >= 0.3 is 6.01 Å².